The molecule has 0 heterocycles. The fourth-order valence-corrected chi connectivity index (χ4v) is 1.93. The highest BCUT2D eigenvalue weighted by molar-refractivity contribution is 6.67. The molecule has 19 heavy (non-hydrogen) atoms. The Bertz CT molecular complexity index is 544. The minimum Gasteiger partial charge on any atom is -0.457 e. The van der Waals surface area contributed by atoms with Crippen LogP contribution in [0.2, 0.25) is 0 Å². The molecule has 0 saturated carbocycles. The Labute approximate surface area is 118 Å². The highest BCUT2D eigenvalue weighted by Gasteiger charge is 2.02. The summed E-state index contributed by atoms with van der Waals surface area (Å²) in [4.78, 5) is 10.9. The van der Waals surface area contributed by atoms with E-state index < -0.39 is 5.24 Å². The van der Waals surface area contributed by atoms with Gasteiger partial charge in [-0.3, -0.25) is 4.79 Å². The van der Waals surface area contributed by atoms with Crippen LogP contribution in [0.1, 0.15) is 29.3 Å². The van der Waals surface area contributed by atoms with Crippen LogP contribution in [-0.4, -0.2) is 5.24 Å². The quantitative estimate of drug-likeness (QED) is 0.731. The van der Waals surface area contributed by atoms with Crippen LogP contribution in [0.15, 0.2) is 48.5 Å². The second-order valence-corrected chi connectivity index (χ2v) is 4.64. The lowest BCUT2D eigenvalue weighted by Gasteiger charge is -2.07. The fourth-order valence-electron chi connectivity index (χ4n) is 1.80. The lowest BCUT2D eigenvalue weighted by atomic mass is 10.1. The Morgan fingerprint density at radius 3 is 2.00 bits per heavy atom. The summed E-state index contributed by atoms with van der Waals surface area (Å²) in [5.41, 5.74) is 1.77. The highest BCUT2D eigenvalue weighted by Crippen LogP contribution is 2.22. The summed E-state index contributed by atoms with van der Waals surface area (Å²) in [5, 5.41) is -0.463. The second kappa shape index (κ2) is 6.39. The van der Waals surface area contributed by atoms with Crippen LogP contribution in [0.25, 0.3) is 0 Å². The molecule has 0 aliphatic rings. The SMILES string of the molecule is CCCc1ccc(Oc2ccc(C(=O)Cl)cc2)cc1. The van der Waals surface area contributed by atoms with Crippen molar-refractivity contribution in [2.45, 2.75) is 19.8 Å². The molecular formula is C16H15ClO2. The van der Waals surface area contributed by atoms with E-state index in [0.717, 1.165) is 18.6 Å². The van der Waals surface area contributed by atoms with Crippen molar-refractivity contribution in [3.05, 3.63) is 59.7 Å². The normalized spacial score (nSPS) is 10.2. The third kappa shape index (κ3) is 3.83. The maximum absolute atomic E-state index is 10.9. The van der Waals surface area contributed by atoms with E-state index >= 15 is 0 Å². The molecule has 0 radical (unpaired) electrons. The monoisotopic (exact) mass is 274 g/mol. The number of ether oxygens (including phenoxy) is 1. The predicted molar refractivity (Wildman–Crippen MR) is 77.1 cm³/mol. The maximum Gasteiger partial charge on any atom is 0.252 e. The molecule has 0 amide bonds. The van der Waals surface area contributed by atoms with Crippen molar-refractivity contribution in [2.75, 3.05) is 0 Å². The van der Waals surface area contributed by atoms with Crippen LogP contribution in [0.5, 0.6) is 11.5 Å². The summed E-state index contributed by atoms with van der Waals surface area (Å²) in [5.74, 6) is 1.47. The summed E-state index contributed by atoms with van der Waals surface area (Å²) >= 11 is 5.38. The highest BCUT2D eigenvalue weighted by atomic mass is 35.5. The van der Waals surface area contributed by atoms with Gasteiger partial charge in [-0.05, 0) is 60.0 Å². The molecule has 2 rings (SSSR count). The van der Waals surface area contributed by atoms with Gasteiger partial charge in [-0.1, -0.05) is 25.5 Å². The average molecular weight is 275 g/mol. The van der Waals surface area contributed by atoms with Crippen LogP contribution in [0.4, 0.5) is 0 Å². The molecule has 2 aromatic carbocycles. The number of carbonyl (C=O) groups excluding carboxylic acids is 1. The van der Waals surface area contributed by atoms with Gasteiger partial charge in [0.05, 0.1) is 0 Å². The van der Waals surface area contributed by atoms with Crippen LogP contribution in [-0.2, 0) is 6.42 Å². The van der Waals surface area contributed by atoms with Gasteiger partial charge in [0.2, 0.25) is 0 Å². The van der Waals surface area contributed by atoms with E-state index in [2.05, 4.69) is 19.1 Å². The van der Waals surface area contributed by atoms with Gasteiger partial charge in [0.25, 0.3) is 5.24 Å². The molecule has 2 nitrogen and oxygen atoms in total. The smallest absolute Gasteiger partial charge is 0.252 e. The van der Waals surface area contributed by atoms with E-state index in [-0.39, 0.29) is 0 Å². The molecular weight excluding hydrogens is 260 g/mol. The number of aryl methyl sites for hydroxylation is 1. The molecule has 0 fully saturated rings. The van der Waals surface area contributed by atoms with E-state index in [1.807, 2.05) is 12.1 Å². The lowest BCUT2D eigenvalue weighted by molar-refractivity contribution is 0.108. The summed E-state index contributed by atoms with van der Waals surface area (Å²) in [6, 6.07) is 14.8. The van der Waals surface area contributed by atoms with E-state index in [0.29, 0.717) is 11.3 Å². The van der Waals surface area contributed by atoms with Crippen molar-refractivity contribution in [2.24, 2.45) is 0 Å². The van der Waals surface area contributed by atoms with E-state index in [1.165, 1.54) is 5.56 Å². The number of hydrogen-bond donors (Lipinski definition) is 0. The minimum absolute atomic E-state index is 0.463. The van der Waals surface area contributed by atoms with Crippen molar-refractivity contribution in [3.63, 3.8) is 0 Å². The number of carbonyl (C=O) groups is 1. The summed E-state index contributed by atoms with van der Waals surface area (Å²) in [7, 11) is 0. The van der Waals surface area contributed by atoms with Crippen LogP contribution >= 0.6 is 11.6 Å². The molecule has 3 heteroatoms. The molecule has 0 saturated heterocycles. The molecule has 0 atom stereocenters. The van der Waals surface area contributed by atoms with Gasteiger partial charge in [-0.15, -0.1) is 0 Å². The Kier molecular flexibility index (Phi) is 4.58. The largest absolute Gasteiger partial charge is 0.457 e. The number of halogens is 1. The molecule has 0 N–H and O–H groups in total. The van der Waals surface area contributed by atoms with E-state index in [4.69, 9.17) is 16.3 Å². The first kappa shape index (κ1) is 13.6. The van der Waals surface area contributed by atoms with Crippen molar-refractivity contribution < 1.29 is 9.53 Å². The van der Waals surface area contributed by atoms with E-state index in [9.17, 15) is 4.79 Å². The average Bonchev–Trinajstić information content (AvgIpc) is 2.42. The van der Waals surface area contributed by atoms with Crippen molar-refractivity contribution in [3.8, 4) is 11.5 Å². The van der Waals surface area contributed by atoms with Crippen LogP contribution < -0.4 is 4.74 Å². The summed E-state index contributed by atoms with van der Waals surface area (Å²) in [6.07, 6.45) is 2.21. The molecule has 0 aliphatic heterocycles. The van der Waals surface area contributed by atoms with Gasteiger partial charge >= 0.3 is 0 Å². The van der Waals surface area contributed by atoms with Crippen molar-refractivity contribution in [1.29, 1.82) is 0 Å². The minimum atomic E-state index is -0.463. The topological polar surface area (TPSA) is 26.3 Å². The Balaban J connectivity index is 2.06. The zero-order valence-corrected chi connectivity index (χ0v) is 11.5. The fraction of sp³-hybridized carbons (Fsp3) is 0.188. The second-order valence-electron chi connectivity index (χ2n) is 4.29. The lowest BCUT2D eigenvalue weighted by Crippen LogP contribution is -1.89. The van der Waals surface area contributed by atoms with Gasteiger partial charge in [0, 0.05) is 5.56 Å². The number of hydrogen-bond acceptors (Lipinski definition) is 2. The first-order chi connectivity index (χ1) is 9.19. The first-order valence-corrected chi connectivity index (χ1v) is 6.63. The standard InChI is InChI=1S/C16H15ClO2/c1-2-3-12-4-8-14(9-5-12)19-15-10-6-13(7-11-15)16(17)18/h4-11H,2-3H2,1H3. The van der Waals surface area contributed by atoms with Crippen molar-refractivity contribution in [1.82, 2.24) is 0 Å². The van der Waals surface area contributed by atoms with Gasteiger partial charge in [0.1, 0.15) is 11.5 Å². The van der Waals surface area contributed by atoms with E-state index in [1.54, 1.807) is 24.3 Å². The summed E-state index contributed by atoms with van der Waals surface area (Å²) in [6.45, 7) is 2.16. The van der Waals surface area contributed by atoms with Gasteiger partial charge in [-0.25, -0.2) is 0 Å². The third-order valence-corrected chi connectivity index (χ3v) is 3.00. The predicted octanol–water partition coefficient (Wildman–Crippen LogP) is 4.81. The van der Waals surface area contributed by atoms with Gasteiger partial charge in [0.15, 0.2) is 0 Å². The Morgan fingerprint density at radius 2 is 1.53 bits per heavy atom. The molecule has 98 valence electrons. The van der Waals surface area contributed by atoms with Gasteiger partial charge in [-0.2, -0.15) is 0 Å². The third-order valence-electron chi connectivity index (χ3n) is 2.78. The molecule has 2 aromatic rings. The molecule has 0 unspecified atom stereocenters. The van der Waals surface area contributed by atoms with Crippen molar-refractivity contribution >= 4 is 16.8 Å². The zero-order chi connectivity index (χ0) is 13.7. The van der Waals surface area contributed by atoms with Gasteiger partial charge < -0.3 is 4.74 Å². The Hall–Kier alpha value is -1.80. The van der Waals surface area contributed by atoms with Crippen LogP contribution in [0, 0.1) is 0 Å². The Morgan fingerprint density at radius 1 is 1.00 bits per heavy atom. The zero-order valence-electron chi connectivity index (χ0n) is 10.7. The van der Waals surface area contributed by atoms with Crippen LogP contribution in [0.3, 0.4) is 0 Å². The molecule has 0 spiro atoms. The molecule has 0 bridgehead atoms. The molecule has 0 aromatic heterocycles. The molecule has 0 aliphatic carbocycles. The number of rotatable bonds is 5. The first-order valence-electron chi connectivity index (χ1n) is 6.25. The summed E-state index contributed by atoms with van der Waals surface area (Å²) < 4.78 is 5.69. The maximum atomic E-state index is 10.9. The number of benzene rings is 2.